The van der Waals surface area contributed by atoms with E-state index in [1.807, 2.05) is 6.07 Å². The summed E-state index contributed by atoms with van der Waals surface area (Å²) >= 11 is 0. The maximum atomic E-state index is 9.15. The standard InChI is InChI=1S/C18H15N5/c1-2-9-23-16-6-4-3-5-13(16)14-10-12(7-8-17(14)23)18-15(11-19)20-22-21-18/h3-8,10H,2,9H2,1H3,(H,20,21,22). The Bertz CT molecular complexity index is 1050. The Hall–Kier alpha value is -3.13. The predicted molar refractivity (Wildman–Crippen MR) is 89.8 cm³/mol. The maximum Gasteiger partial charge on any atom is 0.190 e. The van der Waals surface area contributed by atoms with Gasteiger partial charge in [0.25, 0.3) is 0 Å². The lowest BCUT2D eigenvalue weighted by atomic mass is 10.1. The third-order valence-electron chi connectivity index (χ3n) is 4.15. The maximum absolute atomic E-state index is 9.15. The lowest BCUT2D eigenvalue weighted by Crippen LogP contribution is -1.95. The molecule has 0 saturated heterocycles. The van der Waals surface area contributed by atoms with Gasteiger partial charge in [0.1, 0.15) is 11.8 Å². The molecule has 0 radical (unpaired) electrons. The van der Waals surface area contributed by atoms with Crippen LogP contribution in [0, 0.1) is 11.3 Å². The van der Waals surface area contributed by atoms with E-state index in [-0.39, 0.29) is 0 Å². The zero-order chi connectivity index (χ0) is 15.8. The van der Waals surface area contributed by atoms with E-state index >= 15 is 0 Å². The molecule has 0 aliphatic rings. The molecule has 1 N–H and O–H groups in total. The van der Waals surface area contributed by atoms with Crippen LogP contribution < -0.4 is 0 Å². The smallest absolute Gasteiger partial charge is 0.190 e. The van der Waals surface area contributed by atoms with Crippen molar-refractivity contribution >= 4 is 21.8 Å². The summed E-state index contributed by atoms with van der Waals surface area (Å²) < 4.78 is 2.35. The molecule has 0 saturated carbocycles. The van der Waals surface area contributed by atoms with Crippen LogP contribution >= 0.6 is 0 Å². The number of nitrogens with zero attached hydrogens (tertiary/aromatic N) is 4. The molecule has 112 valence electrons. The van der Waals surface area contributed by atoms with Crippen molar-refractivity contribution in [3.63, 3.8) is 0 Å². The summed E-state index contributed by atoms with van der Waals surface area (Å²) in [5.41, 5.74) is 4.27. The lowest BCUT2D eigenvalue weighted by Gasteiger charge is -2.05. The molecule has 0 bridgehead atoms. The molecular formula is C18H15N5. The van der Waals surface area contributed by atoms with Crippen molar-refractivity contribution < 1.29 is 0 Å². The van der Waals surface area contributed by atoms with Gasteiger partial charge in [-0.3, -0.25) is 0 Å². The molecule has 0 amide bonds. The largest absolute Gasteiger partial charge is 0.340 e. The number of hydrogen-bond donors (Lipinski definition) is 1. The van der Waals surface area contributed by atoms with E-state index in [0.717, 1.165) is 18.5 Å². The first kappa shape index (κ1) is 13.5. The van der Waals surface area contributed by atoms with Gasteiger partial charge in [-0.15, -0.1) is 5.10 Å². The third-order valence-corrected chi connectivity index (χ3v) is 4.15. The van der Waals surface area contributed by atoms with Crippen LogP contribution in [-0.4, -0.2) is 20.0 Å². The highest BCUT2D eigenvalue weighted by Crippen LogP contribution is 2.32. The van der Waals surface area contributed by atoms with E-state index in [2.05, 4.69) is 69.4 Å². The molecule has 0 atom stereocenters. The van der Waals surface area contributed by atoms with Crippen LogP contribution in [0.25, 0.3) is 33.1 Å². The van der Waals surface area contributed by atoms with E-state index in [1.165, 1.54) is 21.8 Å². The average Bonchev–Trinajstić information content (AvgIpc) is 3.18. The Balaban J connectivity index is 2.03. The van der Waals surface area contributed by atoms with Gasteiger partial charge in [-0.25, -0.2) is 0 Å². The molecule has 4 aromatic rings. The molecule has 5 nitrogen and oxygen atoms in total. The van der Waals surface area contributed by atoms with E-state index in [4.69, 9.17) is 5.26 Å². The second kappa shape index (κ2) is 5.25. The highest BCUT2D eigenvalue weighted by atomic mass is 15.3. The van der Waals surface area contributed by atoms with E-state index in [0.29, 0.717) is 11.4 Å². The van der Waals surface area contributed by atoms with Crippen molar-refractivity contribution in [3.05, 3.63) is 48.2 Å². The van der Waals surface area contributed by atoms with E-state index < -0.39 is 0 Å². The summed E-state index contributed by atoms with van der Waals surface area (Å²) in [5, 5.41) is 22.1. The Morgan fingerprint density at radius 3 is 2.74 bits per heavy atom. The van der Waals surface area contributed by atoms with Crippen molar-refractivity contribution in [2.45, 2.75) is 19.9 Å². The summed E-state index contributed by atoms with van der Waals surface area (Å²) in [6, 6.07) is 16.7. The Labute approximate surface area is 133 Å². The number of nitriles is 1. The highest BCUT2D eigenvalue weighted by Gasteiger charge is 2.14. The molecule has 0 fully saturated rings. The normalized spacial score (nSPS) is 11.1. The average molecular weight is 301 g/mol. The molecule has 0 spiro atoms. The van der Waals surface area contributed by atoms with Gasteiger partial charge >= 0.3 is 0 Å². The fraction of sp³-hybridized carbons (Fsp3) is 0.167. The number of rotatable bonds is 3. The summed E-state index contributed by atoms with van der Waals surface area (Å²) in [5.74, 6) is 0. The summed E-state index contributed by atoms with van der Waals surface area (Å²) in [6.45, 7) is 3.17. The number of fused-ring (bicyclic) bond motifs is 3. The Morgan fingerprint density at radius 1 is 1.09 bits per heavy atom. The molecule has 0 aliphatic heterocycles. The van der Waals surface area contributed by atoms with E-state index in [9.17, 15) is 0 Å². The molecule has 0 unspecified atom stereocenters. The first-order valence-corrected chi connectivity index (χ1v) is 7.65. The number of hydrogen-bond acceptors (Lipinski definition) is 3. The number of para-hydroxylation sites is 1. The minimum atomic E-state index is 0.321. The number of nitrogens with one attached hydrogen (secondary N) is 1. The molecular weight excluding hydrogens is 286 g/mol. The second-order valence-electron chi connectivity index (χ2n) is 5.53. The Kier molecular flexibility index (Phi) is 3.09. The number of aromatic amines is 1. The Morgan fingerprint density at radius 2 is 1.91 bits per heavy atom. The van der Waals surface area contributed by atoms with Crippen LogP contribution in [0.4, 0.5) is 0 Å². The molecule has 2 aromatic carbocycles. The van der Waals surface area contributed by atoms with E-state index in [1.54, 1.807) is 0 Å². The van der Waals surface area contributed by atoms with Crippen LogP contribution in [0.1, 0.15) is 19.0 Å². The fourth-order valence-corrected chi connectivity index (χ4v) is 3.18. The first-order chi connectivity index (χ1) is 11.3. The minimum absolute atomic E-state index is 0.321. The van der Waals surface area contributed by atoms with Crippen molar-refractivity contribution in [3.8, 4) is 17.3 Å². The van der Waals surface area contributed by atoms with Gasteiger partial charge in [0.15, 0.2) is 5.69 Å². The molecule has 2 aromatic heterocycles. The predicted octanol–water partition coefficient (Wildman–Crippen LogP) is 3.86. The number of aromatic nitrogens is 4. The zero-order valence-electron chi connectivity index (χ0n) is 12.7. The fourth-order valence-electron chi connectivity index (χ4n) is 3.18. The number of aryl methyl sites for hydroxylation is 1. The zero-order valence-corrected chi connectivity index (χ0v) is 12.7. The molecule has 2 heterocycles. The third kappa shape index (κ3) is 2.00. The van der Waals surface area contributed by atoms with Gasteiger partial charge < -0.3 is 4.57 Å². The lowest BCUT2D eigenvalue weighted by molar-refractivity contribution is 0.724. The van der Waals surface area contributed by atoms with Crippen molar-refractivity contribution in [2.75, 3.05) is 0 Å². The first-order valence-electron chi connectivity index (χ1n) is 7.65. The van der Waals surface area contributed by atoms with Crippen LogP contribution in [0.2, 0.25) is 0 Å². The van der Waals surface area contributed by atoms with Crippen molar-refractivity contribution in [1.82, 2.24) is 20.0 Å². The van der Waals surface area contributed by atoms with Gasteiger partial charge in [-0.1, -0.05) is 31.2 Å². The topological polar surface area (TPSA) is 70.3 Å². The highest BCUT2D eigenvalue weighted by molar-refractivity contribution is 6.09. The molecule has 5 heteroatoms. The summed E-state index contributed by atoms with van der Waals surface area (Å²) in [4.78, 5) is 0. The van der Waals surface area contributed by atoms with Crippen LogP contribution in [0.5, 0.6) is 0 Å². The van der Waals surface area contributed by atoms with Crippen LogP contribution in [-0.2, 0) is 6.54 Å². The molecule has 4 rings (SSSR count). The van der Waals surface area contributed by atoms with Gasteiger partial charge in [0.05, 0.1) is 0 Å². The summed E-state index contributed by atoms with van der Waals surface area (Å²) in [6.07, 6.45) is 1.08. The van der Waals surface area contributed by atoms with Gasteiger partial charge in [-0.05, 0) is 24.6 Å². The van der Waals surface area contributed by atoms with Crippen molar-refractivity contribution in [2.24, 2.45) is 0 Å². The minimum Gasteiger partial charge on any atom is -0.340 e. The van der Waals surface area contributed by atoms with Gasteiger partial charge in [0.2, 0.25) is 0 Å². The van der Waals surface area contributed by atoms with Crippen LogP contribution in [0.15, 0.2) is 42.5 Å². The monoisotopic (exact) mass is 301 g/mol. The van der Waals surface area contributed by atoms with Crippen LogP contribution in [0.3, 0.4) is 0 Å². The van der Waals surface area contributed by atoms with Crippen molar-refractivity contribution in [1.29, 1.82) is 5.26 Å². The molecule has 0 aliphatic carbocycles. The summed E-state index contributed by atoms with van der Waals surface area (Å²) in [7, 11) is 0. The van der Waals surface area contributed by atoms with Gasteiger partial charge in [0, 0.05) is 33.9 Å². The molecule has 23 heavy (non-hydrogen) atoms. The SMILES string of the molecule is CCCn1c2ccccc2c2cc(-c3n[nH]nc3C#N)ccc21. The second-order valence-corrected chi connectivity index (χ2v) is 5.53. The number of benzene rings is 2. The number of H-pyrrole nitrogens is 1. The quantitative estimate of drug-likeness (QED) is 0.624. The van der Waals surface area contributed by atoms with Gasteiger partial charge in [-0.2, -0.15) is 15.6 Å².